The maximum atomic E-state index is 12.5. The van der Waals surface area contributed by atoms with Crippen LogP contribution in [-0.4, -0.2) is 28.8 Å². The van der Waals surface area contributed by atoms with E-state index in [-0.39, 0.29) is 28.9 Å². The number of nitro benzene ring substituents is 1. The highest BCUT2D eigenvalue weighted by Crippen LogP contribution is 2.36. The number of rotatable bonds is 5. The molecule has 1 aliphatic rings. The second-order valence-electron chi connectivity index (χ2n) is 5.10. The van der Waals surface area contributed by atoms with E-state index in [1.807, 2.05) is 6.92 Å². The van der Waals surface area contributed by atoms with Crippen molar-refractivity contribution in [2.24, 2.45) is 11.8 Å². The van der Waals surface area contributed by atoms with E-state index in [2.05, 4.69) is 5.43 Å². The summed E-state index contributed by atoms with van der Waals surface area (Å²) >= 11 is 0. The summed E-state index contributed by atoms with van der Waals surface area (Å²) in [5, 5.41) is 11.0. The number of nitrogens with one attached hydrogen (secondary N) is 1. The third-order valence-corrected chi connectivity index (χ3v) is 3.85. The first kappa shape index (κ1) is 14.3. The molecular formula is C13H18N4O3. The van der Waals surface area contributed by atoms with Crippen LogP contribution in [0.3, 0.4) is 0 Å². The molecule has 0 bridgehead atoms. The molecule has 7 nitrogen and oxygen atoms in total. The SMILES string of the molecule is CC(C1CC1)N(C)C(=O)c1cccc([N+](=O)[O-])c1NN. The van der Waals surface area contributed by atoms with Gasteiger partial charge in [-0.25, -0.2) is 0 Å². The number of anilines is 1. The lowest BCUT2D eigenvalue weighted by atomic mass is 10.1. The summed E-state index contributed by atoms with van der Waals surface area (Å²) in [6.45, 7) is 1.99. The van der Waals surface area contributed by atoms with Crippen molar-refractivity contribution in [3.8, 4) is 0 Å². The number of hydrazine groups is 1. The smallest absolute Gasteiger partial charge is 0.294 e. The minimum absolute atomic E-state index is 0.0531. The van der Waals surface area contributed by atoms with E-state index < -0.39 is 4.92 Å². The van der Waals surface area contributed by atoms with Gasteiger partial charge in [0.25, 0.3) is 11.6 Å². The van der Waals surface area contributed by atoms with Gasteiger partial charge in [0.2, 0.25) is 0 Å². The van der Waals surface area contributed by atoms with Crippen LogP contribution in [0.2, 0.25) is 0 Å². The zero-order valence-corrected chi connectivity index (χ0v) is 11.5. The number of benzene rings is 1. The molecule has 1 aromatic carbocycles. The molecular weight excluding hydrogens is 260 g/mol. The largest absolute Gasteiger partial charge is 0.339 e. The molecule has 1 aliphatic carbocycles. The Bertz CT molecular complexity index is 542. The number of hydrogen-bond donors (Lipinski definition) is 2. The fourth-order valence-corrected chi connectivity index (χ4v) is 2.29. The van der Waals surface area contributed by atoms with Crippen LogP contribution in [0.5, 0.6) is 0 Å². The van der Waals surface area contributed by atoms with Crippen LogP contribution in [0.4, 0.5) is 11.4 Å². The summed E-state index contributed by atoms with van der Waals surface area (Å²) in [6.07, 6.45) is 2.24. The van der Waals surface area contributed by atoms with E-state index in [0.717, 1.165) is 12.8 Å². The van der Waals surface area contributed by atoms with Gasteiger partial charge in [-0.1, -0.05) is 6.07 Å². The van der Waals surface area contributed by atoms with Crippen LogP contribution in [0, 0.1) is 16.0 Å². The zero-order chi connectivity index (χ0) is 14.9. The second kappa shape index (κ2) is 5.46. The van der Waals surface area contributed by atoms with E-state index >= 15 is 0 Å². The summed E-state index contributed by atoms with van der Waals surface area (Å²) in [4.78, 5) is 24.5. The van der Waals surface area contributed by atoms with Crippen molar-refractivity contribution in [1.29, 1.82) is 0 Å². The number of hydrogen-bond acceptors (Lipinski definition) is 5. The fourth-order valence-electron chi connectivity index (χ4n) is 2.29. The number of nitro groups is 1. The van der Waals surface area contributed by atoms with Crippen molar-refractivity contribution in [2.45, 2.75) is 25.8 Å². The van der Waals surface area contributed by atoms with Gasteiger partial charge in [-0.2, -0.15) is 0 Å². The van der Waals surface area contributed by atoms with Gasteiger partial charge in [0.15, 0.2) is 0 Å². The minimum Gasteiger partial charge on any atom is -0.339 e. The molecule has 1 fully saturated rings. The van der Waals surface area contributed by atoms with Gasteiger partial charge in [0, 0.05) is 19.2 Å². The van der Waals surface area contributed by atoms with Crippen molar-refractivity contribution >= 4 is 17.3 Å². The van der Waals surface area contributed by atoms with Crippen LogP contribution in [0.15, 0.2) is 18.2 Å². The number of nitrogen functional groups attached to an aromatic ring is 1. The normalized spacial score (nSPS) is 15.6. The third-order valence-electron chi connectivity index (χ3n) is 3.85. The average Bonchev–Trinajstić information content (AvgIpc) is 3.28. The van der Waals surface area contributed by atoms with E-state index in [4.69, 9.17) is 5.84 Å². The molecule has 0 aliphatic heterocycles. The standard InChI is InChI=1S/C13H18N4O3/c1-8(9-6-7-9)16(2)13(18)10-4-3-5-11(17(19)20)12(10)15-14/h3-5,8-9,15H,6-7,14H2,1-2H3. The van der Waals surface area contributed by atoms with Crippen molar-refractivity contribution in [3.05, 3.63) is 33.9 Å². The first-order chi connectivity index (χ1) is 9.47. The molecule has 0 radical (unpaired) electrons. The second-order valence-corrected chi connectivity index (χ2v) is 5.10. The molecule has 1 saturated carbocycles. The fraction of sp³-hybridized carbons (Fsp3) is 0.462. The lowest BCUT2D eigenvalue weighted by Crippen LogP contribution is -2.37. The molecule has 7 heteroatoms. The van der Waals surface area contributed by atoms with Crippen LogP contribution in [0.25, 0.3) is 0 Å². The van der Waals surface area contributed by atoms with Gasteiger partial charge in [-0.3, -0.25) is 20.8 Å². The Labute approximate surface area is 116 Å². The van der Waals surface area contributed by atoms with Gasteiger partial charge in [0.1, 0.15) is 5.69 Å². The molecule has 20 heavy (non-hydrogen) atoms. The van der Waals surface area contributed by atoms with Crippen molar-refractivity contribution in [2.75, 3.05) is 12.5 Å². The third kappa shape index (κ3) is 2.57. The van der Waals surface area contributed by atoms with Crippen LogP contribution < -0.4 is 11.3 Å². The van der Waals surface area contributed by atoms with Crippen LogP contribution >= 0.6 is 0 Å². The minimum atomic E-state index is -0.559. The average molecular weight is 278 g/mol. The summed E-state index contributed by atoms with van der Waals surface area (Å²) < 4.78 is 0. The van der Waals surface area contributed by atoms with Crippen molar-refractivity contribution in [1.82, 2.24) is 4.90 Å². The number of carbonyl (C=O) groups excluding carboxylic acids is 1. The van der Waals surface area contributed by atoms with Gasteiger partial charge in [-0.15, -0.1) is 0 Å². The Hall–Kier alpha value is -2.15. The molecule has 0 spiro atoms. The summed E-state index contributed by atoms with van der Waals surface area (Å²) in [7, 11) is 1.71. The Morgan fingerprint density at radius 2 is 2.20 bits per heavy atom. The number of nitrogens with two attached hydrogens (primary N) is 1. The molecule has 108 valence electrons. The molecule has 1 atom stereocenters. The Kier molecular flexibility index (Phi) is 3.89. The quantitative estimate of drug-likeness (QED) is 0.485. The lowest BCUT2D eigenvalue weighted by molar-refractivity contribution is -0.384. The maximum Gasteiger partial charge on any atom is 0.294 e. The molecule has 3 N–H and O–H groups in total. The van der Waals surface area contributed by atoms with E-state index in [1.165, 1.54) is 12.1 Å². The molecule has 0 aromatic heterocycles. The van der Waals surface area contributed by atoms with Crippen molar-refractivity contribution in [3.63, 3.8) is 0 Å². The Balaban J connectivity index is 2.33. The van der Waals surface area contributed by atoms with Gasteiger partial charge in [0.05, 0.1) is 10.5 Å². The predicted octanol–water partition coefficient (Wildman–Crippen LogP) is 1.75. The number of para-hydroxylation sites is 1. The molecule has 2 rings (SSSR count). The van der Waals surface area contributed by atoms with Crippen LogP contribution in [0.1, 0.15) is 30.1 Å². The van der Waals surface area contributed by atoms with E-state index in [1.54, 1.807) is 18.0 Å². The van der Waals surface area contributed by atoms with Crippen LogP contribution in [-0.2, 0) is 0 Å². The van der Waals surface area contributed by atoms with Gasteiger partial charge >= 0.3 is 0 Å². The van der Waals surface area contributed by atoms with E-state index in [0.29, 0.717) is 5.92 Å². The highest BCUT2D eigenvalue weighted by atomic mass is 16.6. The Morgan fingerprint density at radius 3 is 2.70 bits per heavy atom. The molecule has 0 saturated heterocycles. The highest BCUT2D eigenvalue weighted by molar-refractivity contribution is 6.01. The molecule has 1 aromatic rings. The van der Waals surface area contributed by atoms with Gasteiger partial charge < -0.3 is 10.3 Å². The number of amides is 1. The maximum absolute atomic E-state index is 12.5. The summed E-state index contributed by atoms with van der Waals surface area (Å²) in [6, 6.07) is 4.46. The monoisotopic (exact) mass is 278 g/mol. The van der Waals surface area contributed by atoms with Gasteiger partial charge in [-0.05, 0) is 31.7 Å². The highest BCUT2D eigenvalue weighted by Gasteiger charge is 2.34. The first-order valence-corrected chi connectivity index (χ1v) is 6.48. The predicted molar refractivity (Wildman–Crippen MR) is 75.2 cm³/mol. The first-order valence-electron chi connectivity index (χ1n) is 6.48. The zero-order valence-electron chi connectivity index (χ0n) is 11.5. The summed E-state index contributed by atoms with van der Waals surface area (Å²) in [5.74, 6) is 5.61. The number of nitrogens with zero attached hydrogens (tertiary/aromatic N) is 2. The topological polar surface area (TPSA) is 102 Å². The Morgan fingerprint density at radius 1 is 1.55 bits per heavy atom. The summed E-state index contributed by atoms with van der Waals surface area (Å²) in [5.41, 5.74) is 2.35. The molecule has 1 amide bonds. The molecule has 0 heterocycles. The number of carbonyl (C=O) groups is 1. The molecule has 1 unspecified atom stereocenters. The lowest BCUT2D eigenvalue weighted by Gasteiger charge is -2.25. The van der Waals surface area contributed by atoms with Crippen molar-refractivity contribution < 1.29 is 9.72 Å². The van der Waals surface area contributed by atoms with E-state index in [9.17, 15) is 14.9 Å².